The molecule has 17 heavy (non-hydrogen) atoms. The third-order valence-corrected chi connectivity index (χ3v) is 2.41. The van der Waals surface area contributed by atoms with Gasteiger partial charge < -0.3 is 11.1 Å². The average Bonchev–Trinajstić information content (AvgIpc) is 2.74. The molecule has 6 heteroatoms. The van der Waals surface area contributed by atoms with Crippen molar-refractivity contribution in [2.24, 2.45) is 7.05 Å². The van der Waals surface area contributed by atoms with Gasteiger partial charge in [-0.15, -0.1) is 0 Å². The maximum Gasteiger partial charge on any atom is 0.165 e. The first-order chi connectivity index (χ1) is 8.20. The van der Waals surface area contributed by atoms with Gasteiger partial charge in [-0.1, -0.05) is 0 Å². The Morgan fingerprint density at radius 1 is 1.47 bits per heavy atom. The molecule has 0 unspecified atom stereocenters. The molecule has 2 aromatic rings. The van der Waals surface area contributed by atoms with Gasteiger partial charge in [-0.05, 0) is 18.2 Å². The van der Waals surface area contributed by atoms with E-state index in [4.69, 9.17) is 11.0 Å². The molecule has 0 fully saturated rings. The van der Waals surface area contributed by atoms with E-state index in [0.29, 0.717) is 18.1 Å². The quantitative estimate of drug-likeness (QED) is 0.813. The molecule has 0 saturated heterocycles. The van der Waals surface area contributed by atoms with Gasteiger partial charge in [0.2, 0.25) is 0 Å². The molecule has 2 rings (SSSR count). The number of aryl methyl sites for hydroxylation is 1. The smallest absolute Gasteiger partial charge is 0.165 e. The van der Waals surface area contributed by atoms with E-state index in [1.807, 2.05) is 19.2 Å². The standard InChI is InChI=1S/C11H12N6/c1-17-8(4-5-15-17)7-14-11-3-2-9(13)10(6-12)16-11/h2-5H,7,13H2,1H3,(H,14,16). The van der Waals surface area contributed by atoms with Gasteiger partial charge >= 0.3 is 0 Å². The lowest BCUT2D eigenvalue weighted by Crippen LogP contribution is -2.07. The van der Waals surface area contributed by atoms with Crippen LogP contribution in [0.15, 0.2) is 24.4 Å². The first-order valence-corrected chi connectivity index (χ1v) is 5.08. The zero-order valence-corrected chi connectivity index (χ0v) is 9.38. The van der Waals surface area contributed by atoms with Gasteiger partial charge in [-0.3, -0.25) is 4.68 Å². The van der Waals surface area contributed by atoms with Crippen LogP contribution in [0.3, 0.4) is 0 Å². The summed E-state index contributed by atoms with van der Waals surface area (Å²) in [7, 11) is 1.87. The fraction of sp³-hybridized carbons (Fsp3) is 0.182. The third kappa shape index (κ3) is 2.34. The molecule has 0 atom stereocenters. The lowest BCUT2D eigenvalue weighted by molar-refractivity contribution is 0.720. The summed E-state index contributed by atoms with van der Waals surface area (Å²) in [5.74, 6) is 0.622. The predicted molar refractivity (Wildman–Crippen MR) is 63.9 cm³/mol. The molecule has 0 bridgehead atoms. The Morgan fingerprint density at radius 2 is 2.29 bits per heavy atom. The highest BCUT2D eigenvalue weighted by Gasteiger charge is 2.03. The highest BCUT2D eigenvalue weighted by Crippen LogP contribution is 2.12. The molecule has 2 aromatic heterocycles. The van der Waals surface area contributed by atoms with E-state index < -0.39 is 0 Å². The van der Waals surface area contributed by atoms with Crippen molar-refractivity contribution in [1.29, 1.82) is 5.26 Å². The van der Waals surface area contributed by atoms with Crippen LogP contribution in [0, 0.1) is 11.3 Å². The topological polar surface area (TPSA) is 92.5 Å². The molecule has 0 aliphatic carbocycles. The number of aromatic nitrogens is 3. The number of nitriles is 1. The summed E-state index contributed by atoms with van der Waals surface area (Å²) in [5.41, 5.74) is 7.24. The summed E-state index contributed by atoms with van der Waals surface area (Å²) in [6.07, 6.45) is 1.73. The zero-order valence-electron chi connectivity index (χ0n) is 9.38. The van der Waals surface area contributed by atoms with Crippen molar-refractivity contribution >= 4 is 11.5 Å². The molecule has 0 spiro atoms. The number of rotatable bonds is 3. The van der Waals surface area contributed by atoms with Crippen LogP contribution < -0.4 is 11.1 Å². The maximum absolute atomic E-state index is 8.80. The molecule has 0 saturated carbocycles. The number of hydrogen-bond donors (Lipinski definition) is 2. The van der Waals surface area contributed by atoms with E-state index >= 15 is 0 Å². The van der Waals surface area contributed by atoms with Crippen molar-refractivity contribution in [3.63, 3.8) is 0 Å². The Labute approximate surface area is 98.7 Å². The lowest BCUT2D eigenvalue weighted by atomic mass is 10.3. The van der Waals surface area contributed by atoms with Crippen LogP contribution in [-0.2, 0) is 13.6 Å². The molecule has 3 N–H and O–H groups in total. The SMILES string of the molecule is Cn1nccc1CNc1ccc(N)c(C#N)n1. The molecular formula is C11H12N6. The summed E-state index contributed by atoms with van der Waals surface area (Å²) in [4.78, 5) is 4.09. The predicted octanol–water partition coefficient (Wildman–Crippen LogP) is 0.881. The van der Waals surface area contributed by atoms with Crippen LogP contribution in [0.1, 0.15) is 11.4 Å². The zero-order chi connectivity index (χ0) is 12.3. The minimum absolute atomic E-state index is 0.236. The Morgan fingerprint density at radius 3 is 2.94 bits per heavy atom. The third-order valence-electron chi connectivity index (χ3n) is 2.41. The van der Waals surface area contributed by atoms with Gasteiger partial charge in [0.25, 0.3) is 0 Å². The molecule has 0 aliphatic rings. The highest BCUT2D eigenvalue weighted by molar-refractivity contribution is 5.54. The number of pyridine rings is 1. The number of nitrogens with two attached hydrogens (primary N) is 1. The van der Waals surface area contributed by atoms with Crippen molar-refractivity contribution in [1.82, 2.24) is 14.8 Å². The van der Waals surface area contributed by atoms with E-state index in [-0.39, 0.29) is 5.69 Å². The van der Waals surface area contributed by atoms with Crippen LogP contribution in [0.2, 0.25) is 0 Å². The summed E-state index contributed by atoms with van der Waals surface area (Å²) in [5, 5.41) is 16.0. The van der Waals surface area contributed by atoms with E-state index in [9.17, 15) is 0 Å². The van der Waals surface area contributed by atoms with Crippen molar-refractivity contribution in [3.8, 4) is 6.07 Å². The summed E-state index contributed by atoms with van der Waals surface area (Å²) >= 11 is 0. The molecule has 0 radical (unpaired) electrons. The first kappa shape index (κ1) is 11.0. The summed E-state index contributed by atoms with van der Waals surface area (Å²) < 4.78 is 1.77. The van der Waals surface area contributed by atoms with E-state index in [1.54, 1.807) is 23.0 Å². The lowest BCUT2D eigenvalue weighted by Gasteiger charge is -2.06. The van der Waals surface area contributed by atoms with Crippen LogP contribution in [0.25, 0.3) is 0 Å². The molecule has 0 aromatic carbocycles. The van der Waals surface area contributed by atoms with Crippen LogP contribution >= 0.6 is 0 Å². The second-order valence-electron chi connectivity index (χ2n) is 3.55. The Bertz CT molecular complexity index is 566. The van der Waals surface area contributed by atoms with Gasteiger partial charge in [-0.25, -0.2) is 4.98 Å². The van der Waals surface area contributed by atoms with Crippen LogP contribution in [0.4, 0.5) is 11.5 Å². The monoisotopic (exact) mass is 228 g/mol. The number of nitrogen functional groups attached to an aromatic ring is 1. The van der Waals surface area contributed by atoms with Gasteiger partial charge in [0.15, 0.2) is 5.69 Å². The molecule has 6 nitrogen and oxygen atoms in total. The Balaban J connectivity index is 2.10. The summed E-state index contributed by atoms with van der Waals surface area (Å²) in [6, 6.07) is 7.27. The average molecular weight is 228 g/mol. The minimum Gasteiger partial charge on any atom is -0.396 e. The number of hydrogen-bond acceptors (Lipinski definition) is 5. The Kier molecular flexibility index (Phi) is 2.92. The van der Waals surface area contributed by atoms with E-state index in [0.717, 1.165) is 5.69 Å². The highest BCUT2D eigenvalue weighted by atomic mass is 15.3. The van der Waals surface area contributed by atoms with Gasteiger partial charge in [0.1, 0.15) is 11.9 Å². The summed E-state index contributed by atoms with van der Waals surface area (Å²) in [6.45, 7) is 0.596. The van der Waals surface area contributed by atoms with Crippen LogP contribution in [-0.4, -0.2) is 14.8 Å². The van der Waals surface area contributed by atoms with Gasteiger partial charge in [-0.2, -0.15) is 10.4 Å². The van der Waals surface area contributed by atoms with E-state index in [2.05, 4.69) is 15.4 Å². The fourth-order valence-corrected chi connectivity index (χ4v) is 1.41. The number of nitrogens with one attached hydrogen (secondary N) is 1. The molecular weight excluding hydrogens is 216 g/mol. The minimum atomic E-state index is 0.236. The molecule has 2 heterocycles. The number of nitrogens with zero attached hydrogens (tertiary/aromatic N) is 4. The molecule has 86 valence electrons. The van der Waals surface area contributed by atoms with E-state index in [1.165, 1.54) is 0 Å². The maximum atomic E-state index is 8.80. The Hall–Kier alpha value is -2.55. The second kappa shape index (κ2) is 4.53. The van der Waals surface area contributed by atoms with Gasteiger partial charge in [0.05, 0.1) is 17.9 Å². The number of anilines is 2. The fourth-order valence-electron chi connectivity index (χ4n) is 1.41. The van der Waals surface area contributed by atoms with Crippen molar-refractivity contribution in [2.75, 3.05) is 11.1 Å². The van der Waals surface area contributed by atoms with Gasteiger partial charge in [0, 0.05) is 13.2 Å². The normalized spacial score (nSPS) is 9.88. The van der Waals surface area contributed by atoms with Crippen molar-refractivity contribution in [3.05, 3.63) is 35.8 Å². The van der Waals surface area contributed by atoms with Crippen molar-refractivity contribution < 1.29 is 0 Å². The largest absolute Gasteiger partial charge is 0.396 e. The second-order valence-corrected chi connectivity index (χ2v) is 3.55. The van der Waals surface area contributed by atoms with Crippen LogP contribution in [0.5, 0.6) is 0 Å². The first-order valence-electron chi connectivity index (χ1n) is 5.08. The molecule has 0 aliphatic heterocycles. The van der Waals surface area contributed by atoms with Crippen molar-refractivity contribution in [2.45, 2.75) is 6.54 Å². The molecule has 0 amide bonds.